The summed E-state index contributed by atoms with van der Waals surface area (Å²) in [6, 6.07) is 15.5. The number of hydrogen-bond acceptors (Lipinski definition) is 4. The first-order chi connectivity index (χ1) is 13.4. The largest absolute Gasteiger partial charge is 0.418 e. The third-order valence-corrected chi connectivity index (χ3v) is 3.98. The van der Waals surface area contributed by atoms with Crippen LogP contribution in [0.25, 0.3) is 0 Å². The van der Waals surface area contributed by atoms with E-state index in [0.29, 0.717) is 12.2 Å². The molecule has 0 radical (unpaired) electrons. The molecule has 0 saturated heterocycles. The van der Waals surface area contributed by atoms with Gasteiger partial charge in [-0.05, 0) is 37.3 Å². The molecule has 0 unspecified atom stereocenters. The van der Waals surface area contributed by atoms with Crippen molar-refractivity contribution in [2.75, 3.05) is 16.8 Å². The zero-order valence-corrected chi connectivity index (χ0v) is 14.9. The zero-order chi connectivity index (χ0) is 20.1. The molecule has 0 atom stereocenters. The van der Waals surface area contributed by atoms with E-state index in [0.717, 1.165) is 6.07 Å². The second kappa shape index (κ2) is 8.08. The number of carbonyl (C=O) groups is 1. The maximum Gasteiger partial charge on any atom is 0.418 e. The molecule has 0 bridgehead atoms. The van der Waals surface area contributed by atoms with E-state index in [4.69, 9.17) is 0 Å². The lowest BCUT2D eigenvalue weighted by Crippen LogP contribution is -2.31. The van der Waals surface area contributed by atoms with E-state index in [1.807, 2.05) is 25.1 Å². The predicted octanol–water partition coefficient (Wildman–Crippen LogP) is 4.91. The van der Waals surface area contributed by atoms with Crippen molar-refractivity contribution >= 4 is 23.2 Å². The van der Waals surface area contributed by atoms with Crippen LogP contribution in [0.2, 0.25) is 0 Å². The number of carbonyl (C=O) groups excluding carboxylic acids is 1. The molecule has 0 saturated carbocycles. The summed E-state index contributed by atoms with van der Waals surface area (Å²) >= 11 is 0. The standard InChI is InChI=1S/C20H17F3N4O/c1-2-27(14-8-4-3-5-9-14)18(28)17-12-13-24-19(26-17)25-16-11-7-6-10-15(16)20(21,22)23/h3-13H,2H2,1H3,(H,24,25,26). The highest BCUT2D eigenvalue weighted by Gasteiger charge is 2.33. The highest BCUT2D eigenvalue weighted by Crippen LogP contribution is 2.35. The van der Waals surface area contributed by atoms with E-state index in [1.165, 1.54) is 35.4 Å². The number of amides is 1. The Morgan fingerprint density at radius 3 is 2.39 bits per heavy atom. The van der Waals surface area contributed by atoms with Crippen molar-refractivity contribution in [3.8, 4) is 0 Å². The summed E-state index contributed by atoms with van der Waals surface area (Å²) in [6.07, 6.45) is -3.19. The third kappa shape index (κ3) is 4.28. The Labute approximate surface area is 159 Å². The molecule has 0 spiro atoms. The van der Waals surface area contributed by atoms with E-state index in [2.05, 4.69) is 15.3 Å². The summed E-state index contributed by atoms with van der Waals surface area (Å²) in [6.45, 7) is 2.23. The van der Waals surface area contributed by atoms with Crippen LogP contribution < -0.4 is 10.2 Å². The smallest absolute Gasteiger partial charge is 0.324 e. The molecule has 3 rings (SSSR count). The minimum Gasteiger partial charge on any atom is -0.324 e. The van der Waals surface area contributed by atoms with Crippen LogP contribution in [0.15, 0.2) is 66.9 Å². The number of halogens is 3. The van der Waals surface area contributed by atoms with E-state index >= 15 is 0 Å². The molecular weight excluding hydrogens is 369 g/mol. The second-order valence-electron chi connectivity index (χ2n) is 5.82. The van der Waals surface area contributed by atoms with E-state index in [1.54, 1.807) is 12.1 Å². The number of hydrogen-bond donors (Lipinski definition) is 1. The number of benzene rings is 2. The molecule has 1 N–H and O–H groups in total. The lowest BCUT2D eigenvalue weighted by molar-refractivity contribution is -0.136. The number of anilines is 3. The minimum absolute atomic E-state index is 0.0766. The normalized spacial score (nSPS) is 11.1. The molecule has 8 heteroatoms. The van der Waals surface area contributed by atoms with Gasteiger partial charge in [0.25, 0.3) is 5.91 Å². The molecule has 5 nitrogen and oxygen atoms in total. The Balaban J connectivity index is 1.88. The van der Waals surface area contributed by atoms with Gasteiger partial charge in [-0.2, -0.15) is 13.2 Å². The average molecular weight is 386 g/mol. The van der Waals surface area contributed by atoms with Gasteiger partial charge in [-0.1, -0.05) is 30.3 Å². The Hall–Kier alpha value is -3.42. The molecule has 3 aromatic rings. The number of para-hydroxylation sites is 2. The van der Waals surface area contributed by atoms with Gasteiger partial charge in [-0.25, -0.2) is 9.97 Å². The summed E-state index contributed by atoms with van der Waals surface area (Å²) in [5.41, 5.74) is -0.247. The predicted molar refractivity (Wildman–Crippen MR) is 101 cm³/mol. The van der Waals surface area contributed by atoms with Crippen molar-refractivity contribution in [2.45, 2.75) is 13.1 Å². The number of nitrogens with one attached hydrogen (secondary N) is 1. The first-order valence-electron chi connectivity index (χ1n) is 8.53. The van der Waals surface area contributed by atoms with Gasteiger partial charge in [0.15, 0.2) is 0 Å². The number of rotatable bonds is 5. The van der Waals surface area contributed by atoms with Gasteiger partial charge in [0, 0.05) is 18.4 Å². The van der Waals surface area contributed by atoms with Crippen molar-refractivity contribution in [1.29, 1.82) is 0 Å². The SMILES string of the molecule is CCN(C(=O)c1ccnc(Nc2ccccc2C(F)(F)F)n1)c1ccccc1. The van der Waals surface area contributed by atoms with Gasteiger partial charge >= 0.3 is 6.18 Å². The molecular formula is C20H17F3N4O. The van der Waals surface area contributed by atoms with Crippen LogP contribution in [0.1, 0.15) is 23.0 Å². The van der Waals surface area contributed by atoms with Gasteiger partial charge in [0.1, 0.15) is 5.69 Å². The Morgan fingerprint density at radius 2 is 1.71 bits per heavy atom. The molecule has 1 heterocycles. The molecule has 0 aliphatic heterocycles. The second-order valence-corrected chi connectivity index (χ2v) is 5.82. The van der Waals surface area contributed by atoms with Crippen LogP contribution in [-0.4, -0.2) is 22.4 Å². The van der Waals surface area contributed by atoms with Crippen LogP contribution in [0.5, 0.6) is 0 Å². The van der Waals surface area contributed by atoms with Crippen molar-refractivity contribution in [1.82, 2.24) is 9.97 Å². The van der Waals surface area contributed by atoms with E-state index < -0.39 is 11.7 Å². The molecule has 0 aliphatic carbocycles. The van der Waals surface area contributed by atoms with Gasteiger partial charge in [-0.3, -0.25) is 4.79 Å². The van der Waals surface area contributed by atoms with Crippen LogP contribution in [-0.2, 0) is 6.18 Å². The van der Waals surface area contributed by atoms with Gasteiger partial charge in [-0.15, -0.1) is 0 Å². The fourth-order valence-electron chi connectivity index (χ4n) is 2.69. The van der Waals surface area contributed by atoms with Crippen molar-refractivity contribution in [2.24, 2.45) is 0 Å². The minimum atomic E-state index is -4.52. The number of alkyl halides is 3. The first kappa shape index (κ1) is 19.3. The zero-order valence-electron chi connectivity index (χ0n) is 14.9. The molecule has 2 aromatic carbocycles. The van der Waals surface area contributed by atoms with Crippen molar-refractivity contribution in [3.05, 3.63) is 78.1 Å². The lowest BCUT2D eigenvalue weighted by Gasteiger charge is -2.20. The van der Waals surface area contributed by atoms with Crippen molar-refractivity contribution < 1.29 is 18.0 Å². The first-order valence-corrected chi connectivity index (χ1v) is 8.53. The highest BCUT2D eigenvalue weighted by atomic mass is 19.4. The fraction of sp³-hybridized carbons (Fsp3) is 0.150. The van der Waals surface area contributed by atoms with Crippen LogP contribution in [0, 0.1) is 0 Å². The molecule has 0 fully saturated rings. The van der Waals surface area contributed by atoms with E-state index in [9.17, 15) is 18.0 Å². The Bertz CT molecular complexity index is 961. The summed E-state index contributed by atoms with van der Waals surface area (Å²) in [7, 11) is 0. The molecule has 28 heavy (non-hydrogen) atoms. The summed E-state index contributed by atoms with van der Waals surface area (Å²) < 4.78 is 39.5. The molecule has 1 aromatic heterocycles. The number of nitrogens with zero attached hydrogens (tertiary/aromatic N) is 3. The third-order valence-electron chi connectivity index (χ3n) is 3.98. The van der Waals surface area contributed by atoms with Crippen LogP contribution >= 0.6 is 0 Å². The quantitative estimate of drug-likeness (QED) is 0.677. The number of aromatic nitrogens is 2. The summed E-state index contributed by atoms with van der Waals surface area (Å²) in [4.78, 5) is 22.4. The summed E-state index contributed by atoms with van der Waals surface area (Å²) in [5, 5.41) is 2.56. The van der Waals surface area contributed by atoms with Gasteiger partial charge < -0.3 is 10.2 Å². The molecule has 0 aliphatic rings. The highest BCUT2D eigenvalue weighted by molar-refractivity contribution is 6.04. The Kier molecular flexibility index (Phi) is 5.58. The monoisotopic (exact) mass is 386 g/mol. The van der Waals surface area contributed by atoms with Crippen LogP contribution in [0.4, 0.5) is 30.5 Å². The molecule has 144 valence electrons. The van der Waals surface area contributed by atoms with Gasteiger partial charge in [0.05, 0.1) is 11.3 Å². The maximum absolute atomic E-state index is 13.2. The van der Waals surface area contributed by atoms with Crippen LogP contribution in [0.3, 0.4) is 0 Å². The van der Waals surface area contributed by atoms with Crippen molar-refractivity contribution in [3.63, 3.8) is 0 Å². The summed E-state index contributed by atoms with van der Waals surface area (Å²) in [5.74, 6) is -0.463. The molecule has 1 amide bonds. The fourth-order valence-corrected chi connectivity index (χ4v) is 2.69. The average Bonchev–Trinajstić information content (AvgIpc) is 2.69. The van der Waals surface area contributed by atoms with E-state index in [-0.39, 0.29) is 23.2 Å². The Morgan fingerprint density at radius 1 is 1.04 bits per heavy atom. The topological polar surface area (TPSA) is 58.1 Å². The lowest BCUT2D eigenvalue weighted by atomic mass is 10.1. The van der Waals surface area contributed by atoms with Gasteiger partial charge in [0.2, 0.25) is 5.95 Å². The maximum atomic E-state index is 13.2.